The van der Waals surface area contributed by atoms with E-state index in [4.69, 9.17) is 4.74 Å². The molecule has 0 spiro atoms. The molecular formula is C23H27ClFNO. The van der Waals surface area contributed by atoms with Gasteiger partial charge in [-0.1, -0.05) is 55.5 Å². The van der Waals surface area contributed by atoms with Gasteiger partial charge in [0.1, 0.15) is 18.2 Å². The van der Waals surface area contributed by atoms with Crippen molar-refractivity contribution in [3.63, 3.8) is 0 Å². The van der Waals surface area contributed by atoms with Crippen molar-refractivity contribution in [2.75, 3.05) is 0 Å². The van der Waals surface area contributed by atoms with Crippen molar-refractivity contribution in [1.82, 2.24) is 5.32 Å². The Morgan fingerprint density at radius 1 is 0.963 bits per heavy atom. The zero-order valence-corrected chi connectivity index (χ0v) is 16.9. The van der Waals surface area contributed by atoms with Crippen LogP contribution in [0.5, 0.6) is 5.75 Å². The van der Waals surface area contributed by atoms with Crippen LogP contribution in [0, 0.1) is 5.82 Å². The molecule has 0 aliphatic rings. The maximum atomic E-state index is 13.9. The predicted molar refractivity (Wildman–Crippen MR) is 113 cm³/mol. The molecule has 0 aromatic heterocycles. The second-order valence-corrected chi connectivity index (χ2v) is 7.23. The predicted octanol–water partition coefficient (Wildman–Crippen LogP) is 6.26. The lowest BCUT2D eigenvalue weighted by molar-refractivity contribution is 0.293. The summed E-state index contributed by atoms with van der Waals surface area (Å²) in [5, 5.41) is 5.96. The highest BCUT2D eigenvalue weighted by Crippen LogP contribution is 2.29. The van der Waals surface area contributed by atoms with E-state index in [0.717, 1.165) is 23.1 Å². The van der Waals surface area contributed by atoms with Crippen molar-refractivity contribution in [3.05, 3.63) is 77.6 Å². The van der Waals surface area contributed by atoms with E-state index in [9.17, 15) is 4.39 Å². The molecule has 3 rings (SSSR count). The van der Waals surface area contributed by atoms with E-state index in [1.165, 1.54) is 11.5 Å². The van der Waals surface area contributed by atoms with E-state index >= 15 is 0 Å². The zero-order chi connectivity index (χ0) is 18.6. The maximum Gasteiger partial charge on any atom is 0.129 e. The SMILES string of the molecule is CCC(C)(C)NCc1c(OCc2ccccc2F)ccc2ccccc12.Cl. The third-order valence-electron chi connectivity index (χ3n) is 4.97. The van der Waals surface area contributed by atoms with Gasteiger partial charge in [-0.2, -0.15) is 0 Å². The number of nitrogens with one attached hydrogen (secondary N) is 1. The highest BCUT2D eigenvalue weighted by atomic mass is 35.5. The Labute approximate surface area is 167 Å². The first-order valence-corrected chi connectivity index (χ1v) is 9.12. The second-order valence-electron chi connectivity index (χ2n) is 7.23. The summed E-state index contributed by atoms with van der Waals surface area (Å²) in [6, 6.07) is 19.1. The molecule has 0 radical (unpaired) electrons. The average Bonchev–Trinajstić information content (AvgIpc) is 2.66. The van der Waals surface area contributed by atoms with Crippen LogP contribution in [0.3, 0.4) is 0 Å². The van der Waals surface area contributed by atoms with Gasteiger partial charge in [-0.15, -0.1) is 12.4 Å². The van der Waals surface area contributed by atoms with Gasteiger partial charge < -0.3 is 10.1 Å². The molecule has 0 aliphatic carbocycles. The van der Waals surface area contributed by atoms with Crippen LogP contribution in [0.2, 0.25) is 0 Å². The molecule has 1 N–H and O–H groups in total. The molecule has 4 heteroatoms. The lowest BCUT2D eigenvalue weighted by atomic mass is 9.99. The third-order valence-corrected chi connectivity index (χ3v) is 4.97. The smallest absolute Gasteiger partial charge is 0.129 e. The van der Waals surface area contributed by atoms with Crippen molar-refractivity contribution in [3.8, 4) is 5.75 Å². The van der Waals surface area contributed by atoms with Crippen molar-refractivity contribution >= 4 is 23.2 Å². The Bertz CT molecular complexity index is 894. The number of ether oxygens (including phenoxy) is 1. The first-order valence-electron chi connectivity index (χ1n) is 9.12. The molecule has 0 heterocycles. The van der Waals surface area contributed by atoms with E-state index in [1.54, 1.807) is 12.1 Å². The minimum Gasteiger partial charge on any atom is -0.488 e. The zero-order valence-electron chi connectivity index (χ0n) is 16.1. The number of halogens is 2. The molecule has 144 valence electrons. The third kappa shape index (κ3) is 5.21. The summed E-state index contributed by atoms with van der Waals surface area (Å²) >= 11 is 0. The Hall–Kier alpha value is -2.10. The van der Waals surface area contributed by atoms with Crippen LogP contribution < -0.4 is 10.1 Å². The van der Waals surface area contributed by atoms with Crippen molar-refractivity contribution in [1.29, 1.82) is 0 Å². The molecule has 0 saturated carbocycles. The fraction of sp³-hybridized carbons (Fsp3) is 0.304. The van der Waals surface area contributed by atoms with Gasteiger partial charge in [0, 0.05) is 23.2 Å². The summed E-state index contributed by atoms with van der Waals surface area (Å²) in [4.78, 5) is 0. The highest BCUT2D eigenvalue weighted by molar-refractivity contribution is 5.87. The van der Waals surface area contributed by atoms with Gasteiger partial charge in [-0.05, 0) is 43.2 Å². The lowest BCUT2D eigenvalue weighted by Crippen LogP contribution is -2.37. The van der Waals surface area contributed by atoms with E-state index in [0.29, 0.717) is 12.1 Å². The number of hydrogen-bond donors (Lipinski definition) is 1. The number of fused-ring (bicyclic) bond motifs is 1. The molecule has 0 fully saturated rings. The molecule has 3 aromatic carbocycles. The largest absolute Gasteiger partial charge is 0.488 e. The number of hydrogen-bond acceptors (Lipinski definition) is 2. The van der Waals surface area contributed by atoms with Gasteiger partial charge in [-0.3, -0.25) is 0 Å². The van der Waals surface area contributed by atoms with E-state index < -0.39 is 0 Å². The van der Waals surface area contributed by atoms with E-state index in [1.807, 2.05) is 24.3 Å². The molecule has 0 atom stereocenters. The van der Waals surface area contributed by atoms with Gasteiger partial charge in [0.25, 0.3) is 0 Å². The summed E-state index contributed by atoms with van der Waals surface area (Å²) in [6.07, 6.45) is 1.03. The summed E-state index contributed by atoms with van der Waals surface area (Å²) in [7, 11) is 0. The molecule has 0 unspecified atom stereocenters. The van der Waals surface area contributed by atoms with Crippen molar-refractivity contribution in [2.45, 2.75) is 45.9 Å². The van der Waals surface area contributed by atoms with Gasteiger partial charge in [0.05, 0.1) is 0 Å². The highest BCUT2D eigenvalue weighted by Gasteiger charge is 2.17. The number of benzene rings is 3. The second kappa shape index (κ2) is 9.20. The van der Waals surface area contributed by atoms with Gasteiger partial charge >= 0.3 is 0 Å². The van der Waals surface area contributed by atoms with Crippen LogP contribution in [0.1, 0.15) is 38.3 Å². The Balaban J connectivity index is 0.00000261. The van der Waals surface area contributed by atoms with Crippen LogP contribution in [-0.4, -0.2) is 5.54 Å². The Kier molecular flexibility index (Phi) is 7.23. The molecule has 0 bridgehead atoms. The molecule has 0 saturated heterocycles. The van der Waals surface area contributed by atoms with E-state index in [2.05, 4.69) is 44.3 Å². The molecule has 3 aromatic rings. The number of rotatable bonds is 7. The maximum absolute atomic E-state index is 13.9. The fourth-order valence-corrected chi connectivity index (χ4v) is 2.86. The van der Waals surface area contributed by atoms with Crippen LogP contribution in [0.4, 0.5) is 4.39 Å². The van der Waals surface area contributed by atoms with Gasteiger partial charge in [-0.25, -0.2) is 4.39 Å². The minimum absolute atomic E-state index is 0. The summed E-state index contributed by atoms with van der Waals surface area (Å²) in [6.45, 7) is 7.48. The first-order chi connectivity index (χ1) is 12.5. The van der Waals surface area contributed by atoms with Crippen molar-refractivity contribution < 1.29 is 9.13 Å². The summed E-state index contributed by atoms with van der Waals surface area (Å²) in [5.74, 6) is 0.562. The van der Waals surface area contributed by atoms with Crippen LogP contribution in [-0.2, 0) is 13.2 Å². The lowest BCUT2D eigenvalue weighted by Gasteiger charge is -2.26. The first kappa shape index (κ1) is 21.2. The molecule has 2 nitrogen and oxygen atoms in total. The topological polar surface area (TPSA) is 21.3 Å². The summed E-state index contributed by atoms with van der Waals surface area (Å²) < 4.78 is 19.9. The normalized spacial score (nSPS) is 11.3. The molecular weight excluding hydrogens is 361 g/mol. The summed E-state index contributed by atoms with van der Waals surface area (Å²) in [5.41, 5.74) is 1.72. The molecule has 27 heavy (non-hydrogen) atoms. The minimum atomic E-state index is -0.236. The monoisotopic (exact) mass is 387 g/mol. The Morgan fingerprint density at radius 3 is 2.41 bits per heavy atom. The van der Waals surface area contributed by atoms with Gasteiger partial charge in [0.15, 0.2) is 0 Å². The Morgan fingerprint density at radius 2 is 1.67 bits per heavy atom. The fourth-order valence-electron chi connectivity index (χ4n) is 2.86. The standard InChI is InChI=1S/C23H26FNO.ClH/c1-4-23(2,3)25-15-20-19-11-7-5-9-17(19)13-14-22(20)26-16-18-10-6-8-12-21(18)24;/h5-14,25H,4,15-16H2,1-3H3;1H. The molecule has 0 amide bonds. The van der Waals surface area contributed by atoms with Crippen molar-refractivity contribution in [2.24, 2.45) is 0 Å². The van der Waals surface area contributed by atoms with Gasteiger partial charge in [0.2, 0.25) is 0 Å². The van der Waals surface area contributed by atoms with E-state index in [-0.39, 0.29) is 30.4 Å². The molecule has 0 aliphatic heterocycles. The average molecular weight is 388 g/mol. The quantitative estimate of drug-likeness (QED) is 0.516. The van der Waals surface area contributed by atoms with Crippen LogP contribution >= 0.6 is 12.4 Å². The van der Waals surface area contributed by atoms with Crippen LogP contribution in [0.15, 0.2) is 60.7 Å². The van der Waals surface area contributed by atoms with Crippen LogP contribution in [0.25, 0.3) is 10.8 Å².